The summed E-state index contributed by atoms with van der Waals surface area (Å²) < 4.78 is 84.5. The second-order valence-corrected chi connectivity index (χ2v) is 26.5. The van der Waals surface area contributed by atoms with Crippen LogP contribution in [0.2, 0.25) is 0 Å². The average Bonchev–Trinajstić information content (AvgIpc) is 1.43. The highest BCUT2D eigenvalue weighted by atomic mass is 32.2. The highest BCUT2D eigenvalue weighted by Gasteiger charge is 2.54. The van der Waals surface area contributed by atoms with E-state index in [0.717, 1.165) is 132 Å². The van der Waals surface area contributed by atoms with E-state index in [9.17, 15) is 8.22 Å². The van der Waals surface area contributed by atoms with Crippen LogP contribution in [0.15, 0.2) is 348 Å². The number of aromatic nitrogens is 1. The van der Waals surface area contributed by atoms with Gasteiger partial charge in [0.1, 0.15) is 11.2 Å². The Morgan fingerprint density at radius 2 is 0.875 bits per heavy atom. The summed E-state index contributed by atoms with van der Waals surface area (Å²) in [6.07, 6.45) is 0. The molecule has 96 heavy (non-hydrogen) atoms. The summed E-state index contributed by atoms with van der Waals surface area (Å²) in [7, 11) is 0. The van der Waals surface area contributed by atoms with Gasteiger partial charge in [-0.2, -0.15) is 0 Å². The number of hydrogen-bond donors (Lipinski definition) is 0. The highest BCUT2D eigenvalue weighted by Crippen LogP contribution is 2.65. The Morgan fingerprint density at radius 3 is 1.53 bits per heavy atom. The Labute approximate surface area is 571 Å². The smallest absolute Gasteiger partial charge is 0.249 e. The lowest BCUT2D eigenvalue weighted by atomic mass is 9.34. The van der Waals surface area contributed by atoms with E-state index in [1.807, 2.05) is 30.3 Å². The number of para-hydroxylation sites is 4. The number of fused-ring (bicyclic) bond motifs is 21. The van der Waals surface area contributed by atoms with E-state index in [1.165, 1.54) is 33.4 Å². The normalized spacial score (nSPS) is 14.6. The minimum Gasteiger partial charge on any atom is -0.456 e. The van der Waals surface area contributed by atoms with Gasteiger partial charge in [0.05, 0.1) is 33.1 Å². The molecule has 0 unspecified atom stereocenters. The molecule has 2 aliphatic carbocycles. The maximum atomic E-state index is 9.94. The van der Waals surface area contributed by atoms with Crippen molar-refractivity contribution in [3.05, 3.63) is 356 Å². The molecule has 4 heterocycles. The number of hydrogen-bond acceptors (Lipinski definition) is 3. The topological polar surface area (TPSA) is 21.3 Å². The van der Waals surface area contributed by atoms with E-state index in [2.05, 4.69) is 260 Å². The van der Waals surface area contributed by atoms with Crippen LogP contribution in [0.25, 0.3) is 127 Å². The molecule has 444 valence electrons. The molecule has 4 aliphatic rings. The van der Waals surface area contributed by atoms with Crippen molar-refractivity contribution < 1.29 is 15.4 Å². The summed E-state index contributed by atoms with van der Waals surface area (Å²) in [5.41, 5.74) is 26.9. The fourth-order valence-corrected chi connectivity index (χ4v) is 18.2. The van der Waals surface area contributed by atoms with Gasteiger partial charge in [-0.25, -0.2) is 0 Å². The first kappa shape index (κ1) is 46.2. The third kappa shape index (κ3) is 7.52. The lowest BCUT2D eigenvalue weighted by Gasteiger charge is -2.42. The van der Waals surface area contributed by atoms with Crippen molar-refractivity contribution in [3.63, 3.8) is 0 Å². The first-order valence-corrected chi connectivity index (χ1v) is 33.4. The van der Waals surface area contributed by atoms with E-state index in [0.29, 0.717) is 5.69 Å². The van der Waals surface area contributed by atoms with Gasteiger partial charge in [0, 0.05) is 65.1 Å². The highest BCUT2D eigenvalue weighted by molar-refractivity contribution is 8.00. The Morgan fingerprint density at radius 1 is 0.365 bits per heavy atom. The fraction of sp³-hybridized carbons (Fsp3) is 0.0110. The molecule has 15 aromatic carbocycles. The standard InChI is InChI=1S/C91H55BN2OS/c1-3-21-56(22-4-1)58-41-45-60(46-42-58)65-32-19-33-66(61-47-43-59(44-48-61)57-23-5-2-6-24-57)89(65)94-81-52-49-62(64-31-20-40-84-86(64)72-30-12-18-39-83(72)95-84)53-78(81)92-77-51-50-76-87(71-29-9-15-36-75(71)91(76)73-34-13-7-25-67(73)68-26-8-14-35-74(68)91)90(77)96-85-55-63(54-82(94)88(85)92)93-79-37-16-10-27-69(79)70-28-11-17-38-80(70)93/h1-55H/i10D,11D,16D,17D,27D,28D,37D,38D. The second kappa shape index (κ2) is 20.6. The Hall–Kier alpha value is -11.9. The van der Waals surface area contributed by atoms with Crippen LogP contribution in [0.4, 0.5) is 17.1 Å². The van der Waals surface area contributed by atoms with Crippen molar-refractivity contribution >= 4 is 95.7 Å². The van der Waals surface area contributed by atoms with Crippen LogP contribution in [0.3, 0.4) is 0 Å². The van der Waals surface area contributed by atoms with E-state index in [-0.39, 0.29) is 33.9 Å². The molecule has 21 rings (SSSR count). The zero-order valence-corrected chi connectivity index (χ0v) is 52.2. The molecular weight excluding hydrogens is 1180 g/mol. The third-order valence-corrected chi connectivity index (χ3v) is 22.0. The number of anilines is 3. The summed E-state index contributed by atoms with van der Waals surface area (Å²) >= 11 is 1.69. The molecule has 0 bridgehead atoms. The maximum absolute atomic E-state index is 9.94. The molecule has 1 spiro atoms. The van der Waals surface area contributed by atoms with Crippen LogP contribution in [0, 0.1) is 0 Å². The summed E-state index contributed by atoms with van der Waals surface area (Å²) in [4.78, 5) is 4.36. The Balaban J connectivity index is 0.915. The second-order valence-electron chi connectivity index (χ2n) is 25.5. The van der Waals surface area contributed by atoms with Crippen molar-refractivity contribution in [2.45, 2.75) is 15.2 Å². The van der Waals surface area contributed by atoms with Gasteiger partial charge in [0.2, 0.25) is 6.71 Å². The van der Waals surface area contributed by atoms with Gasteiger partial charge in [0.25, 0.3) is 0 Å². The first-order chi connectivity index (χ1) is 51.0. The van der Waals surface area contributed by atoms with Crippen molar-refractivity contribution in [2.24, 2.45) is 0 Å². The predicted octanol–water partition coefficient (Wildman–Crippen LogP) is 22.1. The molecule has 0 saturated carbocycles. The molecule has 0 saturated heterocycles. The van der Waals surface area contributed by atoms with Crippen LogP contribution < -0.4 is 21.3 Å². The van der Waals surface area contributed by atoms with Crippen molar-refractivity contribution in [1.29, 1.82) is 0 Å². The lowest BCUT2D eigenvalue weighted by Crippen LogP contribution is -2.60. The monoisotopic (exact) mass is 1240 g/mol. The zero-order valence-electron chi connectivity index (χ0n) is 59.4. The molecule has 0 radical (unpaired) electrons. The van der Waals surface area contributed by atoms with Gasteiger partial charge in [-0.3, -0.25) is 0 Å². The number of furan rings is 1. The third-order valence-electron chi connectivity index (χ3n) is 20.8. The quantitative estimate of drug-likeness (QED) is 0.148. The molecule has 0 amide bonds. The zero-order chi connectivity index (χ0) is 69.7. The number of benzene rings is 15. The van der Waals surface area contributed by atoms with E-state index in [1.54, 1.807) is 16.3 Å². The molecule has 0 fully saturated rings. The van der Waals surface area contributed by atoms with Crippen molar-refractivity contribution in [3.8, 4) is 83.6 Å². The molecule has 0 atom stereocenters. The van der Waals surface area contributed by atoms with Crippen LogP contribution in [0.1, 0.15) is 33.2 Å². The number of nitrogens with zero attached hydrogens (tertiary/aromatic N) is 2. The summed E-state index contributed by atoms with van der Waals surface area (Å²) in [5.74, 6) is 0. The van der Waals surface area contributed by atoms with Gasteiger partial charge in [-0.05, 0) is 137 Å². The van der Waals surface area contributed by atoms with Gasteiger partial charge in [0.15, 0.2) is 0 Å². The minimum absolute atomic E-state index is 0.0118. The van der Waals surface area contributed by atoms with Gasteiger partial charge < -0.3 is 13.9 Å². The van der Waals surface area contributed by atoms with Crippen molar-refractivity contribution in [2.75, 3.05) is 4.90 Å². The molecule has 0 N–H and O–H groups in total. The van der Waals surface area contributed by atoms with E-state index in [4.69, 9.17) is 7.16 Å². The molecular formula is C91H55BN2OS. The van der Waals surface area contributed by atoms with Crippen molar-refractivity contribution in [1.82, 2.24) is 4.57 Å². The molecule has 2 aliphatic heterocycles. The van der Waals surface area contributed by atoms with E-state index >= 15 is 0 Å². The summed E-state index contributed by atoms with van der Waals surface area (Å²) in [6, 6.07) is 98.6. The van der Waals surface area contributed by atoms with Crippen LogP contribution in [-0.2, 0) is 5.41 Å². The Kier molecular flexibility index (Phi) is 9.90. The molecule has 17 aromatic rings. The SMILES string of the molecule is [2H]c1c([2H])c([2H])c2c(c1[2H])c1c([2H])c([2H])c([2H])c([2H])c1n2-c1cc2c3c(c1)N(c1c(-c4ccc(-c5ccccc5)cc4)cccc1-c1ccc(-c4ccccc4)cc1)c1ccc(-c4cccc5oc6ccccc6c45)cc1B3c1ccc3c(c1S2)-c1ccccc1C31c2ccccc2-c2ccccc21. The maximum Gasteiger partial charge on any atom is 0.249 e. The lowest BCUT2D eigenvalue weighted by molar-refractivity contribution is 0.669. The minimum atomic E-state index is -0.670. The summed E-state index contributed by atoms with van der Waals surface area (Å²) in [5, 5.41) is 2.06. The molecule has 2 aromatic heterocycles. The molecule has 5 heteroatoms. The predicted molar refractivity (Wildman–Crippen MR) is 401 cm³/mol. The Bertz CT molecular complexity index is 6410. The number of rotatable bonds is 7. The largest absolute Gasteiger partial charge is 0.456 e. The van der Waals surface area contributed by atoms with Crippen LogP contribution in [-0.4, -0.2) is 11.3 Å². The fourth-order valence-electron chi connectivity index (χ4n) is 16.8. The van der Waals surface area contributed by atoms with Gasteiger partial charge in [-0.15, -0.1) is 0 Å². The first-order valence-electron chi connectivity index (χ1n) is 36.6. The van der Waals surface area contributed by atoms with Gasteiger partial charge >= 0.3 is 0 Å². The van der Waals surface area contributed by atoms with Crippen LogP contribution >= 0.6 is 11.8 Å². The van der Waals surface area contributed by atoms with Gasteiger partial charge in [-0.1, -0.05) is 308 Å². The molecule has 3 nitrogen and oxygen atoms in total. The average molecular weight is 1240 g/mol. The summed E-state index contributed by atoms with van der Waals surface area (Å²) in [6.45, 7) is -0.451. The van der Waals surface area contributed by atoms with Crippen LogP contribution in [0.5, 0.6) is 0 Å². The van der Waals surface area contributed by atoms with E-state index < -0.39 is 48.4 Å².